The van der Waals surface area contributed by atoms with E-state index in [4.69, 9.17) is 0 Å². The van der Waals surface area contributed by atoms with Gasteiger partial charge in [0, 0.05) is 44.1 Å². The van der Waals surface area contributed by atoms with Gasteiger partial charge in [-0.3, -0.25) is 9.88 Å². The third-order valence-corrected chi connectivity index (χ3v) is 3.15. The van der Waals surface area contributed by atoms with Crippen LogP contribution in [0.25, 0.3) is 0 Å². The Morgan fingerprint density at radius 3 is 2.95 bits per heavy atom. The number of aromatic nitrogens is 1. The highest BCUT2D eigenvalue weighted by molar-refractivity contribution is 5.12. The quantitative estimate of drug-likeness (QED) is 0.862. The Balaban J connectivity index is 1.92. The van der Waals surface area contributed by atoms with Crippen molar-refractivity contribution in [1.82, 2.24) is 15.2 Å². The second-order valence-corrected chi connectivity index (χ2v) is 4.61. The molecule has 2 atom stereocenters. The molecule has 0 amide bonds. The van der Waals surface area contributed by atoms with Crippen LogP contribution >= 0.6 is 0 Å². The molecule has 1 aromatic heterocycles. The number of piperazine rings is 1. The lowest BCUT2D eigenvalue weighted by molar-refractivity contribution is -0.165. The normalized spacial score (nSPS) is 23.3. The maximum Gasteiger partial charge on any atom is 0.405 e. The fraction of sp³-hybridized carbons (Fsp3) is 0.583. The van der Waals surface area contributed by atoms with Gasteiger partial charge in [-0.2, -0.15) is 13.2 Å². The van der Waals surface area contributed by atoms with E-state index >= 15 is 0 Å². The Labute approximate surface area is 109 Å². The summed E-state index contributed by atoms with van der Waals surface area (Å²) in [7, 11) is 0. The molecule has 0 saturated carbocycles. The molecule has 0 radical (unpaired) electrons. The molecule has 0 spiro atoms. The molecule has 0 bridgehead atoms. The number of pyridine rings is 1. The van der Waals surface area contributed by atoms with E-state index in [1.54, 1.807) is 23.2 Å². The van der Waals surface area contributed by atoms with Crippen LogP contribution in [0.1, 0.15) is 11.7 Å². The molecule has 0 aromatic carbocycles. The zero-order valence-corrected chi connectivity index (χ0v) is 10.3. The predicted octanol–water partition coefficient (Wildman–Crippen LogP) is 0.951. The minimum absolute atomic E-state index is 0.138. The van der Waals surface area contributed by atoms with Crippen molar-refractivity contribution in [3.63, 3.8) is 0 Å². The summed E-state index contributed by atoms with van der Waals surface area (Å²) in [5.41, 5.74) is 0.615. The summed E-state index contributed by atoms with van der Waals surface area (Å²) in [4.78, 5) is 5.50. The van der Waals surface area contributed by atoms with Gasteiger partial charge in [-0.1, -0.05) is 6.07 Å². The van der Waals surface area contributed by atoms with E-state index in [2.05, 4.69) is 10.3 Å². The minimum atomic E-state index is -4.25. The second-order valence-electron chi connectivity index (χ2n) is 4.61. The van der Waals surface area contributed by atoms with Crippen LogP contribution in [0.5, 0.6) is 0 Å². The number of hydrogen-bond donors (Lipinski definition) is 2. The molecule has 2 heterocycles. The molecule has 2 unspecified atom stereocenters. The zero-order chi connectivity index (χ0) is 13.9. The fourth-order valence-electron chi connectivity index (χ4n) is 2.12. The Morgan fingerprint density at radius 2 is 2.32 bits per heavy atom. The molecule has 1 aromatic rings. The molecular formula is C12H16F3N3O. The van der Waals surface area contributed by atoms with Crippen molar-refractivity contribution in [3.8, 4) is 0 Å². The van der Waals surface area contributed by atoms with Gasteiger partial charge in [0.2, 0.25) is 0 Å². The first-order valence-electron chi connectivity index (χ1n) is 6.07. The number of nitrogens with zero attached hydrogens (tertiary/aromatic N) is 2. The van der Waals surface area contributed by atoms with E-state index in [1.807, 2.05) is 0 Å². The fourth-order valence-corrected chi connectivity index (χ4v) is 2.12. The van der Waals surface area contributed by atoms with Crippen LogP contribution in [0.2, 0.25) is 0 Å². The third kappa shape index (κ3) is 3.89. The Bertz CT molecular complexity index is 399. The van der Waals surface area contributed by atoms with Gasteiger partial charge >= 0.3 is 6.18 Å². The number of alkyl halides is 3. The highest BCUT2D eigenvalue weighted by atomic mass is 19.4. The van der Waals surface area contributed by atoms with E-state index < -0.39 is 18.3 Å². The standard InChI is InChI=1S/C12H16F3N3O/c13-12(14,15)11-8-18(5-4-17-11)7-10(19)9-2-1-3-16-6-9/h1-3,6,10-11,17,19H,4-5,7-8H2. The van der Waals surface area contributed by atoms with Gasteiger partial charge in [0.05, 0.1) is 6.10 Å². The lowest BCUT2D eigenvalue weighted by Gasteiger charge is -2.35. The summed E-state index contributed by atoms with van der Waals surface area (Å²) in [5.74, 6) is 0. The average Bonchev–Trinajstić information content (AvgIpc) is 2.39. The highest BCUT2D eigenvalue weighted by Gasteiger charge is 2.42. The van der Waals surface area contributed by atoms with Crippen LogP contribution in [0.15, 0.2) is 24.5 Å². The number of aliphatic hydroxyl groups is 1. The molecular weight excluding hydrogens is 259 g/mol. The van der Waals surface area contributed by atoms with Crippen LogP contribution in [0.4, 0.5) is 13.2 Å². The van der Waals surface area contributed by atoms with Crippen LogP contribution in [0, 0.1) is 0 Å². The van der Waals surface area contributed by atoms with Crippen molar-refractivity contribution in [2.24, 2.45) is 0 Å². The van der Waals surface area contributed by atoms with Crippen LogP contribution in [-0.2, 0) is 0 Å². The van der Waals surface area contributed by atoms with Crippen molar-refractivity contribution >= 4 is 0 Å². The maximum absolute atomic E-state index is 12.6. The summed E-state index contributed by atoms with van der Waals surface area (Å²) in [6.07, 6.45) is -1.96. The molecule has 0 aliphatic carbocycles. The Kier molecular flexibility index (Phi) is 4.38. The second kappa shape index (κ2) is 5.85. The summed E-state index contributed by atoms with van der Waals surface area (Å²) >= 11 is 0. The van der Waals surface area contributed by atoms with E-state index in [0.29, 0.717) is 12.1 Å². The molecule has 1 fully saturated rings. The summed E-state index contributed by atoms with van der Waals surface area (Å²) in [5, 5.41) is 12.4. The van der Waals surface area contributed by atoms with Gasteiger partial charge in [-0.25, -0.2) is 0 Å². The number of β-amino-alcohol motifs (C(OH)–C–C–N with tert-alkyl or cyclic N) is 1. The molecule has 2 rings (SSSR count). The zero-order valence-electron chi connectivity index (χ0n) is 10.3. The number of rotatable bonds is 3. The number of nitrogens with one attached hydrogen (secondary N) is 1. The van der Waals surface area contributed by atoms with Gasteiger partial charge < -0.3 is 10.4 Å². The molecule has 1 aliphatic rings. The highest BCUT2D eigenvalue weighted by Crippen LogP contribution is 2.23. The lowest BCUT2D eigenvalue weighted by Crippen LogP contribution is -2.57. The van der Waals surface area contributed by atoms with E-state index in [1.165, 1.54) is 6.20 Å². The SMILES string of the molecule is OC(CN1CCNC(C(F)(F)F)C1)c1cccnc1. The molecule has 2 N–H and O–H groups in total. The summed E-state index contributed by atoms with van der Waals surface area (Å²) in [6, 6.07) is 1.87. The molecule has 1 saturated heterocycles. The largest absolute Gasteiger partial charge is 0.405 e. The molecule has 1 aliphatic heterocycles. The molecule has 7 heteroatoms. The van der Waals surface area contributed by atoms with Gasteiger partial charge in [0.1, 0.15) is 6.04 Å². The van der Waals surface area contributed by atoms with Crippen LogP contribution in [0.3, 0.4) is 0 Å². The van der Waals surface area contributed by atoms with Gasteiger partial charge in [-0.05, 0) is 6.07 Å². The summed E-state index contributed by atoms with van der Waals surface area (Å²) in [6.45, 7) is 0.800. The Hall–Kier alpha value is -1.18. The first-order valence-corrected chi connectivity index (χ1v) is 6.07. The topological polar surface area (TPSA) is 48.4 Å². The average molecular weight is 275 g/mol. The molecule has 106 valence electrons. The molecule has 19 heavy (non-hydrogen) atoms. The first-order chi connectivity index (χ1) is 8.97. The van der Waals surface area contributed by atoms with Gasteiger partial charge in [0.25, 0.3) is 0 Å². The van der Waals surface area contributed by atoms with Gasteiger partial charge in [0.15, 0.2) is 0 Å². The van der Waals surface area contributed by atoms with Crippen molar-refractivity contribution in [2.45, 2.75) is 18.3 Å². The van der Waals surface area contributed by atoms with Crippen molar-refractivity contribution < 1.29 is 18.3 Å². The Morgan fingerprint density at radius 1 is 1.53 bits per heavy atom. The first kappa shape index (κ1) is 14.2. The smallest absolute Gasteiger partial charge is 0.387 e. The number of hydrogen-bond acceptors (Lipinski definition) is 4. The van der Waals surface area contributed by atoms with E-state index in [0.717, 1.165) is 0 Å². The van der Waals surface area contributed by atoms with Crippen molar-refractivity contribution in [2.75, 3.05) is 26.2 Å². The van der Waals surface area contributed by atoms with Crippen LogP contribution < -0.4 is 5.32 Å². The molecule has 4 nitrogen and oxygen atoms in total. The van der Waals surface area contributed by atoms with Crippen molar-refractivity contribution in [1.29, 1.82) is 0 Å². The monoisotopic (exact) mass is 275 g/mol. The van der Waals surface area contributed by atoms with Crippen molar-refractivity contribution in [3.05, 3.63) is 30.1 Å². The lowest BCUT2D eigenvalue weighted by atomic mass is 10.1. The number of halogens is 3. The summed E-state index contributed by atoms with van der Waals surface area (Å²) < 4.78 is 37.8. The number of aliphatic hydroxyl groups excluding tert-OH is 1. The van der Waals surface area contributed by atoms with Crippen LogP contribution in [-0.4, -0.2) is 53.4 Å². The predicted molar refractivity (Wildman–Crippen MR) is 63.5 cm³/mol. The van der Waals surface area contributed by atoms with E-state index in [-0.39, 0.29) is 19.6 Å². The van der Waals surface area contributed by atoms with E-state index in [9.17, 15) is 18.3 Å². The third-order valence-electron chi connectivity index (χ3n) is 3.15. The van der Waals surface area contributed by atoms with Gasteiger partial charge in [-0.15, -0.1) is 0 Å². The maximum atomic E-state index is 12.6. The minimum Gasteiger partial charge on any atom is -0.387 e.